The van der Waals surface area contributed by atoms with Crippen LogP contribution in [0.3, 0.4) is 0 Å². The fraction of sp³-hybridized carbons (Fsp3) is 0.947. The molecule has 0 radical (unpaired) electrons. The summed E-state index contributed by atoms with van der Waals surface area (Å²) in [5.41, 5.74) is 0. The molecule has 0 aromatic heterocycles. The van der Waals surface area contributed by atoms with Gasteiger partial charge in [0.25, 0.3) is 0 Å². The molecule has 21 heavy (non-hydrogen) atoms. The second kappa shape index (κ2) is 13.2. The first-order chi connectivity index (χ1) is 10.3. The van der Waals surface area contributed by atoms with Crippen LogP contribution >= 0.6 is 0 Å². The minimum atomic E-state index is 0.0691. The summed E-state index contributed by atoms with van der Waals surface area (Å²) >= 11 is 0. The Bertz CT molecular complexity index is 244. The van der Waals surface area contributed by atoms with E-state index in [1.165, 1.54) is 77.0 Å². The molecule has 0 atom stereocenters. The third-order valence-electron chi connectivity index (χ3n) is 4.68. The molecule has 1 fully saturated rings. The van der Waals surface area contributed by atoms with Crippen molar-refractivity contribution in [2.24, 2.45) is 5.92 Å². The molecule has 0 aromatic carbocycles. The van der Waals surface area contributed by atoms with Crippen LogP contribution < -0.4 is 0 Å². The van der Waals surface area contributed by atoms with E-state index >= 15 is 0 Å². The quantitative estimate of drug-likeness (QED) is 0.306. The zero-order chi connectivity index (χ0) is 15.2. The van der Waals surface area contributed by atoms with E-state index in [2.05, 4.69) is 6.92 Å². The van der Waals surface area contributed by atoms with E-state index in [4.69, 9.17) is 4.74 Å². The van der Waals surface area contributed by atoms with Crippen molar-refractivity contribution in [1.82, 2.24) is 0 Å². The van der Waals surface area contributed by atoms with Crippen molar-refractivity contribution < 1.29 is 9.53 Å². The minimum absolute atomic E-state index is 0.0691. The van der Waals surface area contributed by atoms with Crippen molar-refractivity contribution >= 4 is 5.97 Å². The average molecular weight is 296 g/mol. The minimum Gasteiger partial charge on any atom is -0.465 e. The Labute approximate surface area is 132 Å². The van der Waals surface area contributed by atoms with E-state index in [1.807, 2.05) is 0 Å². The Morgan fingerprint density at radius 1 is 0.810 bits per heavy atom. The summed E-state index contributed by atoms with van der Waals surface area (Å²) in [5.74, 6) is 0.289. The van der Waals surface area contributed by atoms with Crippen LogP contribution in [0.5, 0.6) is 0 Å². The summed E-state index contributed by atoms with van der Waals surface area (Å²) in [7, 11) is 0. The molecule has 2 nitrogen and oxygen atoms in total. The first-order valence-electron chi connectivity index (χ1n) is 9.51. The van der Waals surface area contributed by atoms with Crippen molar-refractivity contribution in [3.05, 3.63) is 0 Å². The van der Waals surface area contributed by atoms with Crippen LogP contribution in [-0.4, -0.2) is 12.6 Å². The fourth-order valence-electron chi connectivity index (χ4n) is 3.22. The normalized spacial score (nSPS) is 15.5. The van der Waals surface area contributed by atoms with Gasteiger partial charge in [0.05, 0.1) is 12.5 Å². The molecule has 0 spiro atoms. The zero-order valence-electron chi connectivity index (χ0n) is 14.2. The Hall–Kier alpha value is -0.530. The summed E-state index contributed by atoms with van der Waals surface area (Å²) in [5, 5.41) is 0. The fourth-order valence-corrected chi connectivity index (χ4v) is 3.22. The molecule has 0 heterocycles. The largest absolute Gasteiger partial charge is 0.465 e. The molecular weight excluding hydrogens is 260 g/mol. The maximum Gasteiger partial charge on any atom is 0.308 e. The predicted octanol–water partition coefficient (Wildman–Crippen LogP) is 6.03. The van der Waals surface area contributed by atoms with E-state index in [0.717, 1.165) is 19.3 Å². The van der Waals surface area contributed by atoms with Gasteiger partial charge in [-0.2, -0.15) is 0 Å². The topological polar surface area (TPSA) is 26.3 Å². The van der Waals surface area contributed by atoms with Crippen LogP contribution in [0, 0.1) is 5.92 Å². The molecule has 2 heteroatoms. The van der Waals surface area contributed by atoms with Gasteiger partial charge in [0.15, 0.2) is 0 Å². The Balaban J connectivity index is 1.75. The highest BCUT2D eigenvalue weighted by molar-refractivity contribution is 5.72. The van der Waals surface area contributed by atoms with Gasteiger partial charge in [0.1, 0.15) is 0 Å². The van der Waals surface area contributed by atoms with Gasteiger partial charge in [-0.25, -0.2) is 0 Å². The summed E-state index contributed by atoms with van der Waals surface area (Å²) in [6.07, 6.45) is 19.2. The number of carbonyl (C=O) groups is 1. The molecule has 0 aliphatic heterocycles. The smallest absolute Gasteiger partial charge is 0.308 e. The zero-order valence-corrected chi connectivity index (χ0v) is 14.2. The molecule has 1 aliphatic carbocycles. The molecule has 0 aromatic rings. The van der Waals surface area contributed by atoms with Crippen LogP contribution in [0.25, 0.3) is 0 Å². The first-order valence-corrected chi connectivity index (χ1v) is 9.51. The highest BCUT2D eigenvalue weighted by atomic mass is 16.5. The van der Waals surface area contributed by atoms with Gasteiger partial charge in [0.2, 0.25) is 0 Å². The number of esters is 1. The molecule has 124 valence electrons. The Morgan fingerprint density at radius 2 is 1.29 bits per heavy atom. The Kier molecular flexibility index (Phi) is 11.6. The molecular formula is C19H36O2. The molecule has 1 aliphatic rings. The number of hydrogen-bond acceptors (Lipinski definition) is 2. The average Bonchev–Trinajstić information content (AvgIpc) is 3.02. The molecule has 1 saturated carbocycles. The number of hydrogen-bond donors (Lipinski definition) is 0. The predicted molar refractivity (Wildman–Crippen MR) is 89.4 cm³/mol. The number of ether oxygens (including phenoxy) is 1. The van der Waals surface area contributed by atoms with Gasteiger partial charge < -0.3 is 4.74 Å². The summed E-state index contributed by atoms with van der Waals surface area (Å²) < 4.78 is 5.37. The molecule has 0 bridgehead atoms. The van der Waals surface area contributed by atoms with E-state index in [-0.39, 0.29) is 11.9 Å². The van der Waals surface area contributed by atoms with E-state index in [9.17, 15) is 4.79 Å². The molecule has 0 unspecified atom stereocenters. The van der Waals surface area contributed by atoms with Gasteiger partial charge in [0, 0.05) is 0 Å². The first kappa shape index (κ1) is 18.5. The van der Waals surface area contributed by atoms with E-state index < -0.39 is 0 Å². The molecule has 1 rings (SSSR count). The molecule has 0 amide bonds. The van der Waals surface area contributed by atoms with E-state index in [1.54, 1.807) is 0 Å². The van der Waals surface area contributed by atoms with Gasteiger partial charge in [-0.1, -0.05) is 84.0 Å². The lowest BCUT2D eigenvalue weighted by molar-refractivity contribution is -0.148. The molecule has 0 saturated heterocycles. The van der Waals surface area contributed by atoms with Crippen LogP contribution in [0.4, 0.5) is 0 Å². The summed E-state index contributed by atoms with van der Waals surface area (Å²) in [6.45, 7) is 2.91. The van der Waals surface area contributed by atoms with Crippen molar-refractivity contribution in [2.45, 2.75) is 103 Å². The standard InChI is InChI=1S/C19H36O2/c1-2-3-4-5-6-7-8-9-10-11-14-17-21-19(20)18-15-12-13-16-18/h18H,2-17H2,1H3. The lowest BCUT2D eigenvalue weighted by Gasteiger charge is -2.09. The van der Waals surface area contributed by atoms with Crippen molar-refractivity contribution in [2.75, 3.05) is 6.61 Å². The highest BCUT2D eigenvalue weighted by Crippen LogP contribution is 2.25. The maximum atomic E-state index is 11.7. The third-order valence-corrected chi connectivity index (χ3v) is 4.68. The van der Waals surface area contributed by atoms with Crippen LogP contribution in [0.2, 0.25) is 0 Å². The third kappa shape index (κ3) is 9.92. The van der Waals surface area contributed by atoms with Gasteiger partial charge in [-0.3, -0.25) is 4.79 Å². The SMILES string of the molecule is CCCCCCCCCCCCCOC(=O)C1CCCC1. The number of carbonyl (C=O) groups excluding carboxylic acids is 1. The summed E-state index contributed by atoms with van der Waals surface area (Å²) in [6, 6.07) is 0. The van der Waals surface area contributed by atoms with Crippen LogP contribution in [0.15, 0.2) is 0 Å². The van der Waals surface area contributed by atoms with E-state index in [0.29, 0.717) is 6.61 Å². The van der Waals surface area contributed by atoms with Crippen molar-refractivity contribution in [3.8, 4) is 0 Å². The second-order valence-corrected chi connectivity index (χ2v) is 6.68. The van der Waals surface area contributed by atoms with Crippen LogP contribution in [-0.2, 0) is 9.53 Å². The van der Waals surface area contributed by atoms with Crippen molar-refractivity contribution in [3.63, 3.8) is 0 Å². The van der Waals surface area contributed by atoms with Crippen molar-refractivity contribution in [1.29, 1.82) is 0 Å². The van der Waals surface area contributed by atoms with Gasteiger partial charge >= 0.3 is 5.97 Å². The van der Waals surface area contributed by atoms with Crippen LogP contribution in [0.1, 0.15) is 103 Å². The lowest BCUT2D eigenvalue weighted by Crippen LogP contribution is -2.15. The lowest BCUT2D eigenvalue weighted by atomic mass is 10.1. The van der Waals surface area contributed by atoms with Gasteiger partial charge in [-0.05, 0) is 19.3 Å². The van der Waals surface area contributed by atoms with Gasteiger partial charge in [-0.15, -0.1) is 0 Å². The maximum absolute atomic E-state index is 11.7. The summed E-state index contributed by atoms with van der Waals surface area (Å²) in [4.78, 5) is 11.7. The molecule has 0 N–H and O–H groups in total. The highest BCUT2D eigenvalue weighted by Gasteiger charge is 2.23. The number of unbranched alkanes of at least 4 members (excludes halogenated alkanes) is 10. The second-order valence-electron chi connectivity index (χ2n) is 6.68. The Morgan fingerprint density at radius 3 is 1.81 bits per heavy atom. The monoisotopic (exact) mass is 296 g/mol. The number of rotatable bonds is 13.